The van der Waals surface area contributed by atoms with Crippen LogP contribution in [0.2, 0.25) is 0 Å². The molecule has 94 valence electrons. The van der Waals surface area contributed by atoms with Gasteiger partial charge in [0.25, 0.3) is 0 Å². The number of rotatable bonds is 4. The average Bonchev–Trinajstić information content (AvgIpc) is 2.40. The molecular weight excluding hydrogens is 216 g/mol. The molecule has 0 nitrogen and oxygen atoms in total. The fourth-order valence-electron chi connectivity index (χ4n) is 2.54. The van der Waals surface area contributed by atoms with Crippen molar-refractivity contribution in [2.24, 2.45) is 0 Å². The Hall–Kier alpha value is -1.56. The average molecular weight is 238 g/mol. The van der Waals surface area contributed by atoms with Gasteiger partial charge in [0.05, 0.1) is 0 Å². The minimum Gasteiger partial charge on any atom is -0.0651 e. The van der Waals surface area contributed by atoms with Crippen LogP contribution in [-0.4, -0.2) is 0 Å². The van der Waals surface area contributed by atoms with E-state index in [1.807, 2.05) is 0 Å². The van der Waals surface area contributed by atoms with E-state index in [1.54, 1.807) is 0 Å². The number of hydrogen-bond donors (Lipinski definition) is 0. The van der Waals surface area contributed by atoms with Crippen molar-refractivity contribution in [1.82, 2.24) is 0 Å². The Morgan fingerprint density at radius 2 is 1.61 bits per heavy atom. The second-order valence-electron chi connectivity index (χ2n) is 5.15. The molecule has 2 rings (SSSR count). The molecule has 0 amide bonds. The van der Waals surface area contributed by atoms with Crippen molar-refractivity contribution in [2.45, 2.75) is 39.5 Å². The zero-order valence-electron chi connectivity index (χ0n) is 11.6. The summed E-state index contributed by atoms with van der Waals surface area (Å²) in [6, 6.07) is 17.5. The van der Waals surface area contributed by atoms with E-state index in [1.165, 1.54) is 28.7 Å². The highest BCUT2D eigenvalue weighted by molar-refractivity contribution is 5.71. The van der Waals surface area contributed by atoms with E-state index < -0.39 is 0 Å². The van der Waals surface area contributed by atoms with Gasteiger partial charge in [-0.05, 0) is 34.6 Å². The first-order valence-electron chi connectivity index (χ1n) is 6.91. The molecular formula is C18H22. The molecule has 0 N–H and O–H groups in total. The van der Waals surface area contributed by atoms with E-state index in [0.29, 0.717) is 5.92 Å². The maximum absolute atomic E-state index is 2.28. The smallest absolute Gasteiger partial charge is 0.0117 e. The summed E-state index contributed by atoms with van der Waals surface area (Å²) >= 11 is 0. The highest BCUT2D eigenvalue weighted by Gasteiger charge is 2.12. The van der Waals surface area contributed by atoms with Gasteiger partial charge in [-0.2, -0.15) is 0 Å². The predicted octanol–water partition coefficient (Wildman–Crippen LogP) is 5.43. The third kappa shape index (κ3) is 2.64. The maximum atomic E-state index is 2.28. The quantitative estimate of drug-likeness (QED) is 0.666. The van der Waals surface area contributed by atoms with Crippen molar-refractivity contribution in [3.63, 3.8) is 0 Å². The van der Waals surface area contributed by atoms with Gasteiger partial charge in [-0.25, -0.2) is 0 Å². The van der Waals surface area contributed by atoms with Crippen molar-refractivity contribution < 1.29 is 0 Å². The number of benzene rings is 2. The van der Waals surface area contributed by atoms with Gasteiger partial charge in [0.2, 0.25) is 0 Å². The lowest BCUT2D eigenvalue weighted by Gasteiger charge is -2.17. The minimum atomic E-state index is 0.567. The van der Waals surface area contributed by atoms with E-state index in [9.17, 15) is 0 Å². The van der Waals surface area contributed by atoms with E-state index in [-0.39, 0.29) is 0 Å². The van der Waals surface area contributed by atoms with Gasteiger partial charge >= 0.3 is 0 Å². The van der Waals surface area contributed by atoms with Gasteiger partial charge < -0.3 is 0 Å². The Morgan fingerprint density at radius 3 is 2.22 bits per heavy atom. The second-order valence-corrected chi connectivity index (χ2v) is 5.15. The molecule has 0 aliphatic heterocycles. The summed E-state index contributed by atoms with van der Waals surface area (Å²) in [6.45, 7) is 6.80. The highest BCUT2D eigenvalue weighted by atomic mass is 14.2. The van der Waals surface area contributed by atoms with Crippen molar-refractivity contribution >= 4 is 0 Å². The molecule has 0 heterocycles. The van der Waals surface area contributed by atoms with Crippen molar-refractivity contribution in [3.05, 3.63) is 59.7 Å². The molecule has 2 aromatic carbocycles. The van der Waals surface area contributed by atoms with Crippen LogP contribution >= 0.6 is 0 Å². The minimum absolute atomic E-state index is 0.567. The summed E-state index contributed by atoms with van der Waals surface area (Å²) in [6.07, 6.45) is 2.35. The van der Waals surface area contributed by atoms with E-state index in [4.69, 9.17) is 0 Å². The Bertz CT molecular complexity index is 495. The first-order valence-corrected chi connectivity index (χ1v) is 6.91. The second kappa shape index (κ2) is 5.86. The summed E-state index contributed by atoms with van der Waals surface area (Å²) in [5.74, 6) is 0.567. The lowest BCUT2D eigenvalue weighted by Crippen LogP contribution is -1.97. The van der Waals surface area contributed by atoms with Crippen LogP contribution in [0.1, 0.15) is 44.2 Å². The fraction of sp³-hybridized carbons (Fsp3) is 0.333. The molecule has 0 spiro atoms. The SMILES string of the molecule is CCCc1cccc(C(C)C)c1-c1ccccc1. The predicted molar refractivity (Wildman–Crippen MR) is 80.0 cm³/mol. The molecule has 0 aliphatic rings. The van der Waals surface area contributed by atoms with Crippen molar-refractivity contribution in [1.29, 1.82) is 0 Å². The van der Waals surface area contributed by atoms with Crippen LogP contribution in [0, 0.1) is 0 Å². The molecule has 0 saturated carbocycles. The monoisotopic (exact) mass is 238 g/mol. The van der Waals surface area contributed by atoms with Gasteiger partial charge in [0, 0.05) is 0 Å². The van der Waals surface area contributed by atoms with E-state index in [0.717, 1.165) is 6.42 Å². The first kappa shape index (κ1) is 12.9. The molecule has 18 heavy (non-hydrogen) atoms. The Labute approximate surface area is 111 Å². The Kier molecular flexibility index (Phi) is 4.19. The normalized spacial score (nSPS) is 10.9. The topological polar surface area (TPSA) is 0 Å². The van der Waals surface area contributed by atoms with Crippen LogP contribution < -0.4 is 0 Å². The summed E-state index contributed by atoms with van der Waals surface area (Å²) in [5.41, 5.74) is 5.75. The summed E-state index contributed by atoms with van der Waals surface area (Å²) in [5, 5.41) is 0. The van der Waals surface area contributed by atoms with Crippen molar-refractivity contribution in [3.8, 4) is 11.1 Å². The third-order valence-corrected chi connectivity index (χ3v) is 3.39. The summed E-state index contributed by atoms with van der Waals surface area (Å²) in [7, 11) is 0. The molecule has 2 aromatic rings. The largest absolute Gasteiger partial charge is 0.0651 e. The van der Waals surface area contributed by atoms with Crippen LogP contribution in [0.3, 0.4) is 0 Å². The first-order chi connectivity index (χ1) is 8.74. The van der Waals surface area contributed by atoms with E-state index >= 15 is 0 Å². The Morgan fingerprint density at radius 1 is 0.889 bits per heavy atom. The van der Waals surface area contributed by atoms with Gasteiger partial charge in [0.15, 0.2) is 0 Å². The lowest BCUT2D eigenvalue weighted by atomic mass is 9.87. The molecule has 0 aliphatic carbocycles. The molecule has 0 heteroatoms. The van der Waals surface area contributed by atoms with E-state index in [2.05, 4.69) is 69.3 Å². The molecule has 0 bridgehead atoms. The summed E-state index contributed by atoms with van der Waals surface area (Å²) < 4.78 is 0. The van der Waals surface area contributed by atoms with Crippen molar-refractivity contribution in [2.75, 3.05) is 0 Å². The van der Waals surface area contributed by atoms with Gasteiger partial charge in [-0.1, -0.05) is 75.7 Å². The van der Waals surface area contributed by atoms with Crippen LogP contribution in [0.15, 0.2) is 48.5 Å². The van der Waals surface area contributed by atoms with Crippen LogP contribution in [0.4, 0.5) is 0 Å². The number of aryl methyl sites for hydroxylation is 1. The van der Waals surface area contributed by atoms with Gasteiger partial charge in [0.1, 0.15) is 0 Å². The molecule has 0 radical (unpaired) electrons. The molecule has 0 aromatic heterocycles. The van der Waals surface area contributed by atoms with Crippen LogP contribution in [0.5, 0.6) is 0 Å². The molecule has 0 unspecified atom stereocenters. The number of hydrogen-bond acceptors (Lipinski definition) is 0. The Balaban J connectivity index is 2.61. The lowest BCUT2D eigenvalue weighted by molar-refractivity contribution is 0.857. The zero-order chi connectivity index (χ0) is 13.0. The summed E-state index contributed by atoms with van der Waals surface area (Å²) in [4.78, 5) is 0. The molecule has 0 fully saturated rings. The van der Waals surface area contributed by atoms with Crippen LogP contribution in [0.25, 0.3) is 11.1 Å². The molecule has 0 saturated heterocycles. The highest BCUT2D eigenvalue weighted by Crippen LogP contribution is 2.32. The fourth-order valence-corrected chi connectivity index (χ4v) is 2.54. The zero-order valence-corrected chi connectivity index (χ0v) is 11.6. The third-order valence-electron chi connectivity index (χ3n) is 3.39. The van der Waals surface area contributed by atoms with Gasteiger partial charge in [-0.3, -0.25) is 0 Å². The molecule has 0 atom stereocenters. The van der Waals surface area contributed by atoms with Gasteiger partial charge in [-0.15, -0.1) is 0 Å². The maximum Gasteiger partial charge on any atom is -0.0117 e. The van der Waals surface area contributed by atoms with Crippen LogP contribution in [-0.2, 0) is 6.42 Å². The standard InChI is InChI=1S/C18H22/c1-4-9-15-12-8-13-17(14(2)3)18(15)16-10-6-5-7-11-16/h5-8,10-14H,4,9H2,1-3H3.